The first-order valence-electron chi connectivity index (χ1n) is 3.58. The van der Waals surface area contributed by atoms with Gasteiger partial charge in [0.05, 0.1) is 19.3 Å². The molecule has 0 bridgehead atoms. The summed E-state index contributed by atoms with van der Waals surface area (Å²) in [5.74, 6) is 2.97. The highest BCUT2D eigenvalue weighted by atomic mass is 32.2. The van der Waals surface area contributed by atoms with Crippen molar-refractivity contribution in [1.82, 2.24) is 9.78 Å². The molecular formula is C7H10N2OS. The minimum atomic E-state index is 0.738. The molecule has 0 atom stereocenters. The number of thioether (sulfide) groups is 1. The Balaban J connectivity index is 2.32. The van der Waals surface area contributed by atoms with Crippen molar-refractivity contribution < 1.29 is 4.74 Å². The highest BCUT2D eigenvalue weighted by Gasteiger charge is 2.11. The second-order valence-corrected chi connectivity index (χ2v) is 3.56. The molecule has 0 unspecified atom stereocenters. The zero-order valence-corrected chi connectivity index (χ0v) is 7.23. The van der Waals surface area contributed by atoms with E-state index in [9.17, 15) is 0 Å². The van der Waals surface area contributed by atoms with E-state index >= 15 is 0 Å². The van der Waals surface area contributed by atoms with E-state index < -0.39 is 0 Å². The molecule has 1 aliphatic heterocycles. The number of hydrogen-bond acceptors (Lipinski definition) is 3. The fraction of sp³-hybridized carbons (Fsp3) is 0.571. The summed E-state index contributed by atoms with van der Waals surface area (Å²) in [5, 5.41) is 4.25. The van der Waals surface area contributed by atoms with Crippen LogP contribution < -0.4 is 4.74 Å². The Morgan fingerprint density at radius 2 is 2.64 bits per heavy atom. The van der Waals surface area contributed by atoms with E-state index in [2.05, 4.69) is 5.10 Å². The average Bonchev–Trinajstić information content (AvgIpc) is 2.46. The molecule has 0 amide bonds. The van der Waals surface area contributed by atoms with Gasteiger partial charge in [0.1, 0.15) is 0 Å². The first-order valence-corrected chi connectivity index (χ1v) is 4.74. The second-order valence-electron chi connectivity index (χ2n) is 2.45. The fourth-order valence-corrected chi connectivity index (χ4v) is 2.05. The third-order valence-corrected chi connectivity index (χ3v) is 2.72. The molecule has 0 N–H and O–H groups in total. The quantitative estimate of drug-likeness (QED) is 0.632. The Labute approximate surface area is 69.7 Å². The van der Waals surface area contributed by atoms with Gasteiger partial charge in [0.25, 0.3) is 0 Å². The topological polar surface area (TPSA) is 27.1 Å². The fourth-order valence-electron chi connectivity index (χ4n) is 1.17. The minimum absolute atomic E-state index is 0.738. The number of ether oxygens (including phenoxy) is 1. The van der Waals surface area contributed by atoms with Crippen molar-refractivity contribution in [3.8, 4) is 5.88 Å². The van der Waals surface area contributed by atoms with Gasteiger partial charge in [0.15, 0.2) is 0 Å². The third-order valence-electron chi connectivity index (χ3n) is 1.75. The number of fused-ring (bicyclic) bond motifs is 1. The summed E-state index contributed by atoms with van der Waals surface area (Å²) < 4.78 is 7.05. The van der Waals surface area contributed by atoms with Crippen LogP contribution in [0.15, 0.2) is 6.07 Å². The first-order chi connectivity index (χ1) is 5.40. The van der Waals surface area contributed by atoms with Crippen LogP contribution in [0, 0.1) is 0 Å². The lowest BCUT2D eigenvalue weighted by molar-refractivity contribution is 0.389. The van der Waals surface area contributed by atoms with Gasteiger partial charge in [-0.3, -0.25) is 4.68 Å². The Hall–Kier alpha value is -0.640. The molecule has 4 heteroatoms. The normalized spacial score (nSPS) is 16.1. The van der Waals surface area contributed by atoms with Crippen LogP contribution in [0.3, 0.4) is 0 Å². The lowest BCUT2D eigenvalue weighted by Gasteiger charge is -2.11. The SMILES string of the molecule is COc1cc2n(n1)CCSC2. The summed E-state index contributed by atoms with van der Waals surface area (Å²) in [4.78, 5) is 0. The molecule has 1 aliphatic rings. The van der Waals surface area contributed by atoms with Gasteiger partial charge in [0.2, 0.25) is 5.88 Å². The van der Waals surface area contributed by atoms with Crippen LogP contribution in [0.25, 0.3) is 0 Å². The van der Waals surface area contributed by atoms with E-state index in [-0.39, 0.29) is 0 Å². The molecule has 0 aromatic carbocycles. The van der Waals surface area contributed by atoms with E-state index in [1.807, 2.05) is 22.5 Å². The highest BCUT2D eigenvalue weighted by molar-refractivity contribution is 7.98. The van der Waals surface area contributed by atoms with Crippen LogP contribution in [-0.2, 0) is 12.3 Å². The minimum Gasteiger partial charge on any atom is -0.480 e. The van der Waals surface area contributed by atoms with Gasteiger partial charge in [-0.1, -0.05) is 0 Å². The molecule has 0 saturated carbocycles. The van der Waals surface area contributed by atoms with Crippen molar-refractivity contribution in [2.24, 2.45) is 0 Å². The van der Waals surface area contributed by atoms with E-state index in [4.69, 9.17) is 4.74 Å². The Morgan fingerprint density at radius 1 is 1.73 bits per heavy atom. The summed E-state index contributed by atoms with van der Waals surface area (Å²) in [6.45, 7) is 1.02. The van der Waals surface area contributed by atoms with Gasteiger partial charge in [0, 0.05) is 17.6 Å². The number of hydrogen-bond donors (Lipinski definition) is 0. The van der Waals surface area contributed by atoms with Crippen LogP contribution in [0.5, 0.6) is 5.88 Å². The molecule has 11 heavy (non-hydrogen) atoms. The maximum atomic E-state index is 5.03. The molecular weight excluding hydrogens is 160 g/mol. The van der Waals surface area contributed by atoms with Gasteiger partial charge in [-0.25, -0.2) is 0 Å². The zero-order chi connectivity index (χ0) is 7.68. The molecule has 1 aromatic heterocycles. The largest absolute Gasteiger partial charge is 0.480 e. The second kappa shape index (κ2) is 2.77. The Bertz CT molecular complexity index is 235. The molecule has 1 aromatic rings. The standard InChI is InChI=1S/C7H10N2OS/c1-10-7-4-6-5-11-3-2-9(6)8-7/h4H,2-3,5H2,1H3. The number of nitrogens with zero attached hydrogens (tertiary/aromatic N) is 2. The van der Waals surface area contributed by atoms with E-state index in [0.29, 0.717) is 0 Å². The molecule has 0 fully saturated rings. The van der Waals surface area contributed by atoms with Crippen molar-refractivity contribution in [3.05, 3.63) is 11.8 Å². The lowest BCUT2D eigenvalue weighted by Crippen LogP contribution is -2.10. The van der Waals surface area contributed by atoms with E-state index in [0.717, 1.165) is 23.9 Å². The summed E-state index contributed by atoms with van der Waals surface area (Å²) in [7, 11) is 1.65. The predicted molar refractivity (Wildman–Crippen MR) is 44.9 cm³/mol. The van der Waals surface area contributed by atoms with Gasteiger partial charge < -0.3 is 4.74 Å². The average molecular weight is 170 g/mol. The first kappa shape index (κ1) is 7.03. The number of rotatable bonds is 1. The maximum absolute atomic E-state index is 5.03. The van der Waals surface area contributed by atoms with Crippen molar-refractivity contribution in [1.29, 1.82) is 0 Å². The summed E-state index contributed by atoms with van der Waals surface area (Å²) >= 11 is 1.95. The van der Waals surface area contributed by atoms with E-state index in [1.165, 1.54) is 5.69 Å². The van der Waals surface area contributed by atoms with Crippen molar-refractivity contribution in [3.63, 3.8) is 0 Å². The Morgan fingerprint density at radius 3 is 3.36 bits per heavy atom. The molecule has 0 aliphatic carbocycles. The smallest absolute Gasteiger partial charge is 0.232 e. The molecule has 0 radical (unpaired) electrons. The summed E-state index contributed by atoms with van der Waals surface area (Å²) in [6, 6.07) is 2.01. The van der Waals surface area contributed by atoms with Crippen LogP contribution in [0.4, 0.5) is 0 Å². The maximum Gasteiger partial charge on any atom is 0.232 e. The molecule has 0 saturated heterocycles. The van der Waals surface area contributed by atoms with Crippen LogP contribution in [0.2, 0.25) is 0 Å². The molecule has 0 spiro atoms. The predicted octanol–water partition coefficient (Wildman–Crippen LogP) is 1.14. The van der Waals surface area contributed by atoms with Crippen LogP contribution >= 0.6 is 11.8 Å². The number of aromatic nitrogens is 2. The van der Waals surface area contributed by atoms with Gasteiger partial charge in [-0.15, -0.1) is 5.10 Å². The number of aryl methyl sites for hydroxylation is 1. The summed E-state index contributed by atoms with van der Waals surface area (Å²) in [5.41, 5.74) is 1.28. The molecule has 2 rings (SSSR count). The number of methoxy groups -OCH3 is 1. The molecule has 2 heterocycles. The van der Waals surface area contributed by atoms with Crippen molar-refractivity contribution >= 4 is 11.8 Å². The van der Waals surface area contributed by atoms with Crippen molar-refractivity contribution in [2.75, 3.05) is 12.9 Å². The summed E-state index contributed by atoms with van der Waals surface area (Å²) in [6.07, 6.45) is 0. The van der Waals surface area contributed by atoms with Crippen molar-refractivity contribution in [2.45, 2.75) is 12.3 Å². The van der Waals surface area contributed by atoms with E-state index in [1.54, 1.807) is 7.11 Å². The monoisotopic (exact) mass is 170 g/mol. The lowest BCUT2D eigenvalue weighted by atomic mass is 10.4. The zero-order valence-electron chi connectivity index (χ0n) is 6.41. The van der Waals surface area contributed by atoms with Gasteiger partial charge in [-0.05, 0) is 0 Å². The van der Waals surface area contributed by atoms with Gasteiger partial charge in [-0.2, -0.15) is 11.8 Å². The molecule has 3 nitrogen and oxygen atoms in total. The Kier molecular flexibility index (Phi) is 1.77. The van der Waals surface area contributed by atoms with Crippen LogP contribution in [-0.4, -0.2) is 22.6 Å². The highest BCUT2D eigenvalue weighted by Crippen LogP contribution is 2.21. The molecule has 60 valence electrons. The van der Waals surface area contributed by atoms with Crippen LogP contribution in [0.1, 0.15) is 5.69 Å². The third kappa shape index (κ3) is 1.22. The van der Waals surface area contributed by atoms with Gasteiger partial charge >= 0.3 is 0 Å².